The van der Waals surface area contributed by atoms with Crippen molar-refractivity contribution in [2.24, 2.45) is 0 Å². The molecular formula is C18H18Cl2N2O3. The predicted octanol–water partition coefficient (Wildman–Crippen LogP) is 3.85. The second-order valence-electron chi connectivity index (χ2n) is 5.60. The minimum atomic E-state index is -0.940. The number of aromatic nitrogens is 1. The van der Waals surface area contributed by atoms with Gasteiger partial charge in [-0.2, -0.15) is 0 Å². The van der Waals surface area contributed by atoms with Crippen molar-refractivity contribution >= 4 is 35.1 Å². The lowest BCUT2D eigenvalue weighted by molar-refractivity contribution is -0.129. The van der Waals surface area contributed by atoms with Crippen molar-refractivity contribution in [3.8, 4) is 0 Å². The van der Waals surface area contributed by atoms with Gasteiger partial charge in [-0.05, 0) is 24.5 Å². The van der Waals surface area contributed by atoms with Crippen LogP contribution < -0.4 is 5.32 Å². The highest BCUT2D eigenvalue weighted by Crippen LogP contribution is 2.20. The van der Waals surface area contributed by atoms with Crippen LogP contribution in [0, 0.1) is 0 Å². The highest BCUT2D eigenvalue weighted by atomic mass is 35.5. The van der Waals surface area contributed by atoms with Gasteiger partial charge in [-0.1, -0.05) is 60.5 Å². The Labute approximate surface area is 156 Å². The molecule has 132 valence electrons. The monoisotopic (exact) mass is 380 g/mol. The van der Waals surface area contributed by atoms with Crippen LogP contribution in [0.4, 0.5) is 0 Å². The SMILES string of the molecule is C[C@H](OC(=O)c1cnc(Cl)c(Cl)c1)C(=O)NC[C@@H](C)c1ccccc1. The van der Waals surface area contributed by atoms with Crippen LogP contribution in [0.15, 0.2) is 42.6 Å². The molecule has 1 heterocycles. The minimum absolute atomic E-state index is 0.0962. The normalized spacial score (nSPS) is 13.0. The first-order valence-electron chi connectivity index (χ1n) is 7.73. The van der Waals surface area contributed by atoms with E-state index in [1.165, 1.54) is 19.2 Å². The lowest BCUT2D eigenvalue weighted by Crippen LogP contribution is -2.37. The molecule has 2 rings (SSSR count). The zero-order valence-corrected chi connectivity index (χ0v) is 15.3. The molecule has 0 saturated carbocycles. The van der Waals surface area contributed by atoms with Crippen molar-refractivity contribution in [1.82, 2.24) is 10.3 Å². The molecule has 0 saturated heterocycles. The van der Waals surface area contributed by atoms with Gasteiger partial charge in [0.2, 0.25) is 0 Å². The Kier molecular flexibility index (Phi) is 6.79. The molecule has 0 aliphatic heterocycles. The highest BCUT2D eigenvalue weighted by molar-refractivity contribution is 6.41. The number of carbonyl (C=O) groups is 2. The number of nitrogens with zero attached hydrogens (tertiary/aromatic N) is 1. The molecule has 1 amide bonds. The third-order valence-electron chi connectivity index (χ3n) is 3.64. The van der Waals surface area contributed by atoms with Gasteiger partial charge in [0, 0.05) is 12.7 Å². The number of ether oxygens (including phenoxy) is 1. The summed E-state index contributed by atoms with van der Waals surface area (Å²) < 4.78 is 5.14. The van der Waals surface area contributed by atoms with E-state index in [9.17, 15) is 9.59 Å². The molecule has 0 fully saturated rings. The second kappa shape index (κ2) is 8.83. The number of pyridine rings is 1. The van der Waals surface area contributed by atoms with Crippen molar-refractivity contribution in [3.05, 3.63) is 63.9 Å². The van der Waals surface area contributed by atoms with E-state index >= 15 is 0 Å². The number of amides is 1. The average Bonchev–Trinajstić information content (AvgIpc) is 2.62. The van der Waals surface area contributed by atoms with Gasteiger partial charge in [-0.3, -0.25) is 4.79 Å². The minimum Gasteiger partial charge on any atom is -0.449 e. The average molecular weight is 381 g/mol. The maximum Gasteiger partial charge on any atom is 0.340 e. The molecule has 2 atom stereocenters. The van der Waals surface area contributed by atoms with Crippen LogP contribution in [0.25, 0.3) is 0 Å². The fourth-order valence-electron chi connectivity index (χ4n) is 2.11. The summed E-state index contributed by atoms with van der Waals surface area (Å²) in [5, 5.41) is 3.02. The Bertz CT molecular complexity index is 753. The van der Waals surface area contributed by atoms with E-state index in [2.05, 4.69) is 10.3 Å². The van der Waals surface area contributed by atoms with E-state index < -0.39 is 12.1 Å². The van der Waals surface area contributed by atoms with Gasteiger partial charge in [-0.15, -0.1) is 0 Å². The lowest BCUT2D eigenvalue weighted by atomic mass is 10.0. The summed E-state index contributed by atoms with van der Waals surface area (Å²) in [6.45, 7) is 3.96. The molecule has 2 aromatic rings. The summed E-state index contributed by atoms with van der Waals surface area (Å²) in [6.07, 6.45) is 0.309. The number of rotatable bonds is 6. The zero-order chi connectivity index (χ0) is 18.4. The molecule has 25 heavy (non-hydrogen) atoms. The molecule has 1 aromatic carbocycles. The van der Waals surface area contributed by atoms with Crippen LogP contribution >= 0.6 is 23.2 Å². The molecule has 0 radical (unpaired) electrons. The maximum atomic E-state index is 12.1. The predicted molar refractivity (Wildman–Crippen MR) is 97.0 cm³/mol. The van der Waals surface area contributed by atoms with Gasteiger partial charge < -0.3 is 10.1 Å². The van der Waals surface area contributed by atoms with Crippen molar-refractivity contribution < 1.29 is 14.3 Å². The third-order valence-corrected chi connectivity index (χ3v) is 4.32. The quantitative estimate of drug-likeness (QED) is 0.610. The molecule has 5 nitrogen and oxygen atoms in total. The van der Waals surface area contributed by atoms with E-state index in [1.807, 2.05) is 37.3 Å². The summed E-state index contributed by atoms with van der Waals surface area (Å²) >= 11 is 11.5. The molecule has 0 aliphatic rings. The standard InChI is InChI=1S/C18H18Cl2N2O3/c1-11(13-6-4-3-5-7-13)9-22-17(23)12(2)25-18(24)14-8-15(19)16(20)21-10-14/h3-8,10-12H,9H2,1-2H3,(H,22,23)/t11-,12+/m1/s1. The largest absolute Gasteiger partial charge is 0.449 e. The van der Waals surface area contributed by atoms with Crippen molar-refractivity contribution in [1.29, 1.82) is 0 Å². The topological polar surface area (TPSA) is 68.3 Å². The molecular weight excluding hydrogens is 363 g/mol. The Hall–Kier alpha value is -2.11. The first kappa shape index (κ1) is 19.2. The first-order valence-corrected chi connectivity index (χ1v) is 8.48. The van der Waals surface area contributed by atoms with Crippen molar-refractivity contribution in [3.63, 3.8) is 0 Å². The molecule has 1 aromatic heterocycles. The van der Waals surface area contributed by atoms with Gasteiger partial charge in [0.1, 0.15) is 5.15 Å². The molecule has 0 unspecified atom stereocenters. The summed E-state index contributed by atoms with van der Waals surface area (Å²) in [5.74, 6) is -0.915. The first-order chi connectivity index (χ1) is 11.9. The Balaban J connectivity index is 1.87. The second-order valence-corrected chi connectivity index (χ2v) is 6.37. The Morgan fingerprint density at radius 1 is 1.20 bits per heavy atom. The van der Waals surface area contributed by atoms with Gasteiger partial charge in [-0.25, -0.2) is 9.78 Å². The smallest absolute Gasteiger partial charge is 0.340 e. The van der Waals surface area contributed by atoms with Crippen LogP contribution in [-0.4, -0.2) is 29.5 Å². The summed E-state index contributed by atoms with van der Waals surface area (Å²) in [5.41, 5.74) is 1.25. The molecule has 0 aliphatic carbocycles. The van der Waals surface area contributed by atoms with Crippen molar-refractivity contribution in [2.45, 2.75) is 25.9 Å². The lowest BCUT2D eigenvalue weighted by Gasteiger charge is -2.16. The van der Waals surface area contributed by atoms with E-state index in [0.717, 1.165) is 5.56 Å². The summed E-state index contributed by atoms with van der Waals surface area (Å²) in [4.78, 5) is 27.9. The number of esters is 1. The Morgan fingerprint density at radius 2 is 1.88 bits per heavy atom. The highest BCUT2D eigenvalue weighted by Gasteiger charge is 2.20. The molecule has 7 heteroatoms. The molecule has 0 spiro atoms. The fourth-order valence-corrected chi connectivity index (χ4v) is 2.38. The van der Waals surface area contributed by atoms with Gasteiger partial charge in [0.25, 0.3) is 5.91 Å². The van der Waals surface area contributed by atoms with Gasteiger partial charge in [0.05, 0.1) is 10.6 Å². The van der Waals surface area contributed by atoms with Gasteiger partial charge >= 0.3 is 5.97 Å². The van der Waals surface area contributed by atoms with Crippen LogP contribution in [0.1, 0.15) is 35.7 Å². The number of hydrogen-bond donors (Lipinski definition) is 1. The number of halogens is 2. The third kappa shape index (κ3) is 5.44. The van der Waals surface area contributed by atoms with Crippen LogP contribution in [0.5, 0.6) is 0 Å². The van der Waals surface area contributed by atoms with Crippen LogP contribution in [-0.2, 0) is 9.53 Å². The van der Waals surface area contributed by atoms with Crippen molar-refractivity contribution in [2.75, 3.05) is 6.54 Å². The summed E-state index contributed by atoms with van der Waals surface area (Å²) in [7, 11) is 0. The fraction of sp³-hybridized carbons (Fsp3) is 0.278. The van der Waals surface area contributed by atoms with E-state index in [0.29, 0.717) is 6.54 Å². The number of nitrogens with one attached hydrogen (secondary N) is 1. The maximum absolute atomic E-state index is 12.1. The van der Waals surface area contributed by atoms with E-state index in [-0.39, 0.29) is 27.6 Å². The molecule has 1 N–H and O–H groups in total. The summed E-state index contributed by atoms with van der Waals surface area (Å²) in [6, 6.07) is 11.2. The Morgan fingerprint density at radius 3 is 2.52 bits per heavy atom. The van der Waals surface area contributed by atoms with Crippen LogP contribution in [0.2, 0.25) is 10.2 Å². The van der Waals surface area contributed by atoms with Gasteiger partial charge in [0.15, 0.2) is 6.10 Å². The van der Waals surface area contributed by atoms with E-state index in [4.69, 9.17) is 27.9 Å². The zero-order valence-electron chi connectivity index (χ0n) is 13.8. The number of hydrogen-bond acceptors (Lipinski definition) is 4. The number of benzene rings is 1. The van der Waals surface area contributed by atoms with Crippen LogP contribution in [0.3, 0.4) is 0 Å². The molecule has 0 bridgehead atoms. The van der Waals surface area contributed by atoms with E-state index in [1.54, 1.807) is 0 Å². The number of carbonyl (C=O) groups excluding carboxylic acids is 2.